The second kappa shape index (κ2) is 7.15. The first-order valence-electron chi connectivity index (χ1n) is 8.27. The normalized spacial score (nSPS) is 12.3. The molecule has 0 bridgehead atoms. The van der Waals surface area contributed by atoms with Crippen LogP contribution in [0, 0.1) is 25.5 Å². The number of hydrogen-bond donors (Lipinski definition) is 1. The Morgan fingerprint density at radius 2 is 2.04 bits per heavy atom. The van der Waals surface area contributed by atoms with Gasteiger partial charge in [-0.25, -0.2) is 18.3 Å². The molecule has 0 unspecified atom stereocenters. The maximum Gasteiger partial charge on any atom is 0.252 e. The van der Waals surface area contributed by atoms with Crippen LogP contribution in [0.1, 0.15) is 41.9 Å². The van der Waals surface area contributed by atoms with Gasteiger partial charge in [-0.3, -0.25) is 4.79 Å². The third kappa shape index (κ3) is 3.54. The maximum absolute atomic E-state index is 13.3. The standard InChI is InChI=1S/C18H19F2N5O/c1-10(13-4-6-15(19)16(20)8-13)23-17(26)7-5-14-11(2)24-18-21-9-22-25(18)12(14)3/h4,6,8-10H,5,7H2,1-3H3,(H,23,26)/t10-/m0/s1. The van der Waals surface area contributed by atoms with E-state index < -0.39 is 17.7 Å². The van der Waals surface area contributed by atoms with E-state index in [1.165, 1.54) is 12.4 Å². The van der Waals surface area contributed by atoms with Crippen molar-refractivity contribution in [1.82, 2.24) is 24.9 Å². The van der Waals surface area contributed by atoms with Crippen LogP contribution in [0.2, 0.25) is 0 Å². The van der Waals surface area contributed by atoms with Gasteiger partial charge in [0, 0.05) is 17.8 Å². The quantitative estimate of drug-likeness (QED) is 0.760. The average Bonchev–Trinajstić information content (AvgIpc) is 3.05. The molecule has 0 saturated carbocycles. The molecule has 1 atom stereocenters. The number of amides is 1. The fourth-order valence-corrected chi connectivity index (χ4v) is 2.93. The Balaban J connectivity index is 1.66. The molecule has 26 heavy (non-hydrogen) atoms. The lowest BCUT2D eigenvalue weighted by molar-refractivity contribution is -0.121. The van der Waals surface area contributed by atoms with E-state index in [1.54, 1.807) is 11.4 Å². The van der Waals surface area contributed by atoms with Gasteiger partial charge in [0.1, 0.15) is 6.33 Å². The Bertz CT molecular complexity index is 970. The van der Waals surface area contributed by atoms with Gasteiger partial charge in [0.05, 0.1) is 6.04 Å². The van der Waals surface area contributed by atoms with Crippen LogP contribution in [0.25, 0.3) is 5.78 Å². The number of aromatic nitrogens is 4. The summed E-state index contributed by atoms with van der Waals surface area (Å²) in [5.41, 5.74) is 3.16. The van der Waals surface area contributed by atoms with Gasteiger partial charge in [-0.1, -0.05) is 6.07 Å². The van der Waals surface area contributed by atoms with E-state index in [4.69, 9.17) is 0 Å². The highest BCUT2D eigenvalue weighted by molar-refractivity contribution is 5.76. The van der Waals surface area contributed by atoms with Crippen molar-refractivity contribution < 1.29 is 13.6 Å². The number of benzene rings is 1. The number of hydrogen-bond acceptors (Lipinski definition) is 4. The fourth-order valence-electron chi connectivity index (χ4n) is 2.93. The summed E-state index contributed by atoms with van der Waals surface area (Å²) in [6, 6.07) is 3.19. The first-order valence-corrected chi connectivity index (χ1v) is 8.27. The monoisotopic (exact) mass is 359 g/mol. The van der Waals surface area contributed by atoms with Crippen molar-refractivity contribution in [3.63, 3.8) is 0 Å². The maximum atomic E-state index is 13.3. The molecule has 2 aromatic heterocycles. The van der Waals surface area contributed by atoms with E-state index in [0.29, 0.717) is 17.8 Å². The van der Waals surface area contributed by atoms with Gasteiger partial charge >= 0.3 is 0 Å². The minimum atomic E-state index is -0.929. The Hall–Kier alpha value is -2.90. The fraction of sp³-hybridized carbons (Fsp3) is 0.333. The summed E-state index contributed by atoms with van der Waals surface area (Å²) < 4.78 is 28.0. The summed E-state index contributed by atoms with van der Waals surface area (Å²) in [4.78, 5) is 20.7. The van der Waals surface area contributed by atoms with Crippen LogP contribution in [0.3, 0.4) is 0 Å². The van der Waals surface area contributed by atoms with Crippen LogP contribution in [-0.4, -0.2) is 25.5 Å². The number of carbonyl (C=O) groups is 1. The molecule has 136 valence electrons. The SMILES string of the molecule is Cc1nc2ncnn2c(C)c1CCC(=O)N[C@@H](C)c1ccc(F)c(F)c1. The van der Waals surface area contributed by atoms with Crippen molar-refractivity contribution >= 4 is 11.7 Å². The Morgan fingerprint density at radius 3 is 2.77 bits per heavy atom. The third-order valence-electron chi connectivity index (χ3n) is 4.41. The van der Waals surface area contributed by atoms with Crippen molar-refractivity contribution in [2.24, 2.45) is 0 Å². The molecule has 8 heteroatoms. The predicted octanol–water partition coefficient (Wildman–Crippen LogP) is 2.83. The molecule has 1 amide bonds. The zero-order chi connectivity index (χ0) is 18.8. The van der Waals surface area contributed by atoms with Crippen molar-refractivity contribution in [3.05, 3.63) is 58.7 Å². The van der Waals surface area contributed by atoms with Crippen molar-refractivity contribution in [2.45, 2.75) is 39.7 Å². The molecule has 0 aliphatic rings. The summed E-state index contributed by atoms with van der Waals surface area (Å²) in [5.74, 6) is -1.49. The lowest BCUT2D eigenvalue weighted by Gasteiger charge is -2.15. The summed E-state index contributed by atoms with van der Waals surface area (Å²) in [6.07, 6.45) is 2.18. The number of halogens is 2. The predicted molar refractivity (Wildman–Crippen MR) is 91.5 cm³/mol. The Morgan fingerprint density at radius 1 is 1.27 bits per heavy atom. The molecule has 1 N–H and O–H groups in total. The number of nitrogens with one attached hydrogen (secondary N) is 1. The molecule has 0 fully saturated rings. The summed E-state index contributed by atoms with van der Waals surface area (Å²) in [6.45, 7) is 5.51. The highest BCUT2D eigenvalue weighted by Gasteiger charge is 2.15. The van der Waals surface area contributed by atoms with E-state index in [9.17, 15) is 13.6 Å². The van der Waals surface area contributed by atoms with E-state index in [2.05, 4.69) is 20.4 Å². The summed E-state index contributed by atoms with van der Waals surface area (Å²) in [5, 5.41) is 6.93. The molecule has 6 nitrogen and oxygen atoms in total. The van der Waals surface area contributed by atoms with Gasteiger partial charge in [0.15, 0.2) is 11.6 Å². The zero-order valence-electron chi connectivity index (χ0n) is 14.8. The van der Waals surface area contributed by atoms with E-state index in [1.807, 2.05) is 13.8 Å². The molecule has 2 heterocycles. The third-order valence-corrected chi connectivity index (χ3v) is 4.41. The molecule has 1 aromatic carbocycles. The van der Waals surface area contributed by atoms with Crippen molar-refractivity contribution in [1.29, 1.82) is 0 Å². The highest BCUT2D eigenvalue weighted by Crippen LogP contribution is 2.18. The lowest BCUT2D eigenvalue weighted by atomic mass is 10.1. The molecule has 0 spiro atoms. The minimum Gasteiger partial charge on any atom is -0.350 e. The zero-order valence-corrected chi connectivity index (χ0v) is 14.8. The van der Waals surface area contributed by atoms with Crippen LogP contribution in [-0.2, 0) is 11.2 Å². The summed E-state index contributed by atoms with van der Waals surface area (Å²) in [7, 11) is 0. The van der Waals surface area contributed by atoms with E-state index >= 15 is 0 Å². The lowest BCUT2D eigenvalue weighted by Crippen LogP contribution is -2.27. The Kier molecular flexibility index (Phi) is 4.92. The molecule has 3 aromatic rings. The van der Waals surface area contributed by atoms with Gasteiger partial charge < -0.3 is 5.32 Å². The molecular weight excluding hydrogens is 340 g/mol. The minimum absolute atomic E-state index is 0.181. The van der Waals surface area contributed by atoms with Gasteiger partial charge in [-0.15, -0.1) is 0 Å². The number of rotatable bonds is 5. The van der Waals surface area contributed by atoms with Crippen LogP contribution < -0.4 is 5.32 Å². The average molecular weight is 359 g/mol. The molecule has 0 radical (unpaired) electrons. The molecule has 0 aliphatic heterocycles. The summed E-state index contributed by atoms with van der Waals surface area (Å²) >= 11 is 0. The van der Waals surface area contributed by atoms with Gasteiger partial charge in [-0.2, -0.15) is 10.1 Å². The van der Waals surface area contributed by atoms with Gasteiger partial charge in [0.2, 0.25) is 5.91 Å². The second-order valence-corrected chi connectivity index (χ2v) is 6.20. The van der Waals surface area contributed by atoms with Crippen molar-refractivity contribution in [3.8, 4) is 0 Å². The Labute approximate surface area is 149 Å². The van der Waals surface area contributed by atoms with Gasteiger partial charge in [-0.05, 0) is 50.5 Å². The molecule has 0 aliphatic carbocycles. The van der Waals surface area contributed by atoms with Crippen LogP contribution in [0.4, 0.5) is 8.78 Å². The molecule has 0 saturated heterocycles. The van der Waals surface area contributed by atoms with Crippen LogP contribution >= 0.6 is 0 Å². The molecular formula is C18H19F2N5O. The topological polar surface area (TPSA) is 72.2 Å². The first-order chi connectivity index (χ1) is 12.4. The first kappa shape index (κ1) is 17.9. The number of carbonyl (C=O) groups excluding carboxylic acids is 1. The smallest absolute Gasteiger partial charge is 0.252 e. The largest absolute Gasteiger partial charge is 0.350 e. The second-order valence-electron chi connectivity index (χ2n) is 6.20. The van der Waals surface area contributed by atoms with E-state index in [0.717, 1.165) is 29.1 Å². The van der Waals surface area contributed by atoms with Crippen molar-refractivity contribution in [2.75, 3.05) is 0 Å². The van der Waals surface area contributed by atoms with E-state index in [-0.39, 0.29) is 12.3 Å². The number of fused-ring (bicyclic) bond motifs is 1. The van der Waals surface area contributed by atoms with Gasteiger partial charge in [0.25, 0.3) is 5.78 Å². The van der Waals surface area contributed by atoms with Crippen LogP contribution in [0.5, 0.6) is 0 Å². The number of nitrogens with zero attached hydrogens (tertiary/aromatic N) is 4. The molecule has 3 rings (SSSR count). The van der Waals surface area contributed by atoms with Crippen LogP contribution in [0.15, 0.2) is 24.5 Å². The highest BCUT2D eigenvalue weighted by atomic mass is 19.2. The number of aryl methyl sites for hydroxylation is 2.